The van der Waals surface area contributed by atoms with Crippen molar-refractivity contribution < 1.29 is 9.18 Å². The van der Waals surface area contributed by atoms with Crippen LogP contribution in [-0.4, -0.2) is 26.1 Å². The van der Waals surface area contributed by atoms with Gasteiger partial charge in [0.2, 0.25) is 11.7 Å². The standard InChI is InChI=1S/C17H16FN5O/c1-11-3-4-12(2)15(9-11)19-16(24)10-23-21-17(20-22-23)13-5-7-14(18)8-6-13/h3-9H,10H2,1-2H3,(H,19,24). The first-order chi connectivity index (χ1) is 11.5. The Morgan fingerprint density at radius 1 is 1.17 bits per heavy atom. The lowest BCUT2D eigenvalue weighted by Gasteiger charge is -2.08. The number of carbonyl (C=O) groups excluding carboxylic acids is 1. The van der Waals surface area contributed by atoms with Crippen molar-refractivity contribution in [3.63, 3.8) is 0 Å². The number of hydrogen-bond acceptors (Lipinski definition) is 4. The summed E-state index contributed by atoms with van der Waals surface area (Å²) in [5.41, 5.74) is 3.44. The molecule has 0 fully saturated rings. The normalized spacial score (nSPS) is 10.6. The molecule has 3 rings (SSSR count). The average Bonchev–Trinajstić information content (AvgIpc) is 3.00. The van der Waals surface area contributed by atoms with Gasteiger partial charge in [-0.15, -0.1) is 10.2 Å². The van der Waals surface area contributed by atoms with E-state index in [4.69, 9.17) is 0 Å². The highest BCUT2D eigenvalue weighted by Crippen LogP contribution is 2.16. The van der Waals surface area contributed by atoms with E-state index in [1.807, 2.05) is 32.0 Å². The molecular weight excluding hydrogens is 309 g/mol. The Kier molecular flexibility index (Phi) is 4.33. The van der Waals surface area contributed by atoms with E-state index in [1.165, 1.54) is 16.9 Å². The van der Waals surface area contributed by atoms with Crippen LogP contribution >= 0.6 is 0 Å². The largest absolute Gasteiger partial charge is 0.324 e. The molecule has 7 heteroatoms. The number of carbonyl (C=O) groups is 1. The molecule has 0 spiro atoms. The molecule has 3 aromatic rings. The van der Waals surface area contributed by atoms with Crippen molar-refractivity contribution in [3.05, 3.63) is 59.4 Å². The summed E-state index contributed by atoms with van der Waals surface area (Å²) in [6.07, 6.45) is 0. The number of benzene rings is 2. The Balaban J connectivity index is 1.69. The van der Waals surface area contributed by atoms with Gasteiger partial charge in [0.05, 0.1) is 0 Å². The minimum Gasteiger partial charge on any atom is -0.324 e. The number of hydrogen-bond donors (Lipinski definition) is 1. The molecule has 0 bridgehead atoms. The first-order valence-electron chi connectivity index (χ1n) is 7.42. The third-order valence-corrected chi connectivity index (χ3v) is 3.51. The summed E-state index contributed by atoms with van der Waals surface area (Å²) in [7, 11) is 0. The number of amides is 1. The number of aromatic nitrogens is 4. The maximum Gasteiger partial charge on any atom is 0.248 e. The van der Waals surface area contributed by atoms with Crippen LogP contribution in [0.1, 0.15) is 11.1 Å². The predicted octanol–water partition coefficient (Wildman–Crippen LogP) is 2.73. The zero-order valence-electron chi connectivity index (χ0n) is 13.3. The van der Waals surface area contributed by atoms with E-state index in [-0.39, 0.29) is 18.3 Å². The van der Waals surface area contributed by atoms with E-state index in [9.17, 15) is 9.18 Å². The van der Waals surface area contributed by atoms with Crippen LogP contribution in [0.3, 0.4) is 0 Å². The van der Waals surface area contributed by atoms with Crippen LogP contribution in [0.25, 0.3) is 11.4 Å². The van der Waals surface area contributed by atoms with Crippen molar-refractivity contribution in [3.8, 4) is 11.4 Å². The summed E-state index contributed by atoms with van der Waals surface area (Å²) in [6, 6.07) is 11.6. The van der Waals surface area contributed by atoms with Crippen molar-refractivity contribution in [2.24, 2.45) is 0 Å². The topological polar surface area (TPSA) is 72.7 Å². The van der Waals surface area contributed by atoms with Crippen LogP contribution in [0.5, 0.6) is 0 Å². The fourth-order valence-electron chi connectivity index (χ4n) is 2.21. The fraction of sp³-hybridized carbons (Fsp3) is 0.176. The summed E-state index contributed by atoms with van der Waals surface area (Å²) >= 11 is 0. The lowest BCUT2D eigenvalue weighted by molar-refractivity contribution is -0.117. The molecule has 122 valence electrons. The lowest BCUT2D eigenvalue weighted by atomic mass is 10.1. The Morgan fingerprint density at radius 2 is 1.92 bits per heavy atom. The lowest BCUT2D eigenvalue weighted by Crippen LogP contribution is -2.21. The number of rotatable bonds is 4. The van der Waals surface area contributed by atoms with Crippen LogP contribution in [0.15, 0.2) is 42.5 Å². The molecule has 24 heavy (non-hydrogen) atoms. The Bertz CT molecular complexity index is 873. The second kappa shape index (κ2) is 6.57. The molecule has 0 saturated heterocycles. The molecule has 0 radical (unpaired) electrons. The molecule has 1 N–H and O–H groups in total. The van der Waals surface area contributed by atoms with Gasteiger partial charge in [-0.1, -0.05) is 12.1 Å². The molecule has 0 atom stereocenters. The molecule has 6 nitrogen and oxygen atoms in total. The van der Waals surface area contributed by atoms with Crippen molar-refractivity contribution in [2.45, 2.75) is 20.4 Å². The molecule has 0 aliphatic heterocycles. The van der Waals surface area contributed by atoms with Gasteiger partial charge in [0, 0.05) is 11.3 Å². The first-order valence-corrected chi connectivity index (χ1v) is 7.42. The van der Waals surface area contributed by atoms with Gasteiger partial charge in [-0.05, 0) is 60.5 Å². The maximum atomic E-state index is 12.9. The molecule has 0 unspecified atom stereocenters. The van der Waals surface area contributed by atoms with E-state index in [0.717, 1.165) is 16.8 Å². The average molecular weight is 325 g/mol. The summed E-state index contributed by atoms with van der Waals surface area (Å²) in [5, 5.41) is 14.7. The van der Waals surface area contributed by atoms with Gasteiger partial charge in [-0.3, -0.25) is 4.79 Å². The highest BCUT2D eigenvalue weighted by atomic mass is 19.1. The van der Waals surface area contributed by atoms with Crippen molar-refractivity contribution in [1.29, 1.82) is 0 Å². The molecule has 2 aromatic carbocycles. The SMILES string of the molecule is Cc1ccc(C)c(NC(=O)Cn2nnc(-c3ccc(F)cc3)n2)c1. The number of tetrazole rings is 1. The molecule has 1 amide bonds. The second-order valence-electron chi connectivity index (χ2n) is 5.52. The summed E-state index contributed by atoms with van der Waals surface area (Å²) in [4.78, 5) is 13.4. The van der Waals surface area contributed by atoms with Gasteiger partial charge in [-0.25, -0.2) is 4.39 Å². The monoisotopic (exact) mass is 325 g/mol. The number of halogens is 1. The predicted molar refractivity (Wildman–Crippen MR) is 87.8 cm³/mol. The van der Waals surface area contributed by atoms with Crippen LogP contribution in [0, 0.1) is 19.7 Å². The minimum absolute atomic E-state index is 0.0540. The van der Waals surface area contributed by atoms with E-state index >= 15 is 0 Å². The number of anilines is 1. The summed E-state index contributed by atoms with van der Waals surface area (Å²) < 4.78 is 12.9. The highest BCUT2D eigenvalue weighted by Gasteiger charge is 2.10. The van der Waals surface area contributed by atoms with Gasteiger partial charge in [0.1, 0.15) is 12.4 Å². The Labute approximate surface area is 138 Å². The van der Waals surface area contributed by atoms with E-state index in [2.05, 4.69) is 20.7 Å². The fourth-order valence-corrected chi connectivity index (χ4v) is 2.21. The van der Waals surface area contributed by atoms with Crippen LogP contribution in [0.2, 0.25) is 0 Å². The van der Waals surface area contributed by atoms with Crippen molar-refractivity contribution >= 4 is 11.6 Å². The Morgan fingerprint density at radius 3 is 2.67 bits per heavy atom. The smallest absolute Gasteiger partial charge is 0.248 e. The number of nitrogens with zero attached hydrogens (tertiary/aromatic N) is 4. The maximum absolute atomic E-state index is 12.9. The van der Waals surface area contributed by atoms with Crippen LogP contribution in [-0.2, 0) is 11.3 Å². The van der Waals surface area contributed by atoms with Crippen LogP contribution < -0.4 is 5.32 Å². The first kappa shape index (κ1) is 15.8. The van der Waals surface area contributed by atoms with Gasteiger partial charge in [0.15, 0.2) is 0 Å². The number of aryl methyl sites for hydroxylation is 2. The molecule has 1 aromatic heterocycles. The zero-order chi connectivity index (χ0) is 17.1. The third kappa shape index (κ3) is 3.62. The van der Waals surface area contributed by atoms with Gasteiger partial charge in [0.25, 0.3) is 0 Å². The van der Waals surface area contributed by atoms with Gasteiger partial charge >= 0.3 is 0 Å². The quantitative estimate of drug-likeness (QED) is 0.800. The van der Waals surface area contributed by atoms with Gasteiger partial charge in [-0.2, -0.15) is 4.80 Å². The van der Waals surface area contributed by atoms with Crippen LogP contribution in [0.4, 0.5) is 10.1 Å². The molecule has 0 aliphatic carbocycles. The van der Waals surface area contributed by atoms with Crippen molar-refractivity contribution in [1.82, 2.24) is 20.2 Å². The zero-order valence-corrected chi connectivity index (χ0v) is 13.3. The third-order valence-electron chi connectivity index (χ3n) is 3.51. The van der Waals surface area contributed by atoms with Crippen molar-refractivity contribution in [2.75, 3.05) is 5.32 Å². The molecular formula is C17H16FN5O. The highest BCUT2D eigenvalue weighted by molar-refractivity contribution is 5.91. The molecule has 0 saturated carbocycles. The molecule has 1 heterocycles. The minimum atomic E-state index is -0.334. The molecule has 0 aliphatic rings. The second-order valence-corrected chi connectivity index (χ2v) is 5.52. The summed E-state index contributed by atoms with van der Waals surface area (Å²) in [6.45, 7) is 3.83. The van der Waals surface area contributed by atoms with E-state index < -0.39 is 0 Å². The van der Waals surface area contributed by atoms with Gasteiger partial charge < -0.3 is 5.32 Å². The van der Waals surface area contributed by atoms with E-state index in [1.54, 1.807) is 12.1 Å². The van der Waals surface area contributed by atoms with E-state index in [0.29, 0.717) is 11.4 Å². The number of nitrogens with one attached hydrogen (secondary N) is 1. The Hall–Kier alpha value is -3.09. The summed E-state index contributed by atoms with van der Waals surface area (Å²) in [5.74, 6) is -0.236.